The summed E-state index contributed by atoms with van der Waals surface area (Å²) in [7, 11) is -3.63. The van der Waals surface area contributed by atoms with Gasteiger partial charge in [0.25, 0.3) is 0 Å². The van der Waals surface area contributed by atoms with Crippen LogP contribution in [0, 0.1) is 13.8 Å². The van der Waals surface area contributed by atoms with Crippen molar-refractivity contribution in [1.82, 2.24) is 24.1 Å². The number of hydrogen-bond acceptors (Lipinski definition) is 7. The van der Waals surface area contributed by atoms with Crippen molar-refractivity contribution in [2.75, 3.05) is 23.3 Å². The number of nitrogens with zero attached hydrogens (tertiary/aromatic N) is 6. The van der Waals surface area contributed by atoms with E-state index in [4.69, 9.17) is 0 Å². The molecule has 5 heterocycles. The molecule has 0 aliphatic carbocycles. The van der Waals surface area contributed by atoms with Crippen LogP contribution in [0.15, 0.2) is 35.2 Å². The molecule has 6 rings (SSSR count). The number of anilines is 2. The van der Waals surface area contributed by atoms with Gasteiger partial charge in [0.2, 0.25) is 15.9 Å². The standard InChI is InChI=1S/C20H23N7O3S/c1-12-8-15(21-14(3)28)4-5-18(12)31(29,30)27-16-9-17(27)11-25(10-16)20-7-6-19-23-22-13(2)26(19)24-20/h4-8,16-17H,9-11H2,1-3H3,(H,21,28). The molecule has 1 N–H and O–H groups in total. The maximum Gasteiger partial charge on any atom is 0.243 e. The molecule has 1 amide bonds. The van der Waals surface area contributed by atoms with E-state index in [9.17, 15) is 13.2 Å². The lowest BCUT2D eigenvalue weighted by atomic mass is 9.91. The van der Waals surface area contributed by atoms with Gasteiger partial charge in [-0.15, -0.1) is 15.3 Å². The fraction of sp³-hybridized carbons (Fsp3) is 0.400. The number of aryl methyl sites for hydroxylation is 2. The highest BCUT2D eigenvalue weighted by Crippen LogP contribution is 2.39. The number of amides is 1. The van der Waals surface area contributed by atoms with Crippen LogP contribution < -0.4 is 10.2 Å². The molecule has 3 aliphatic rings. The Hall–Kier alpha value is -3.05. The van der Waals surface area contributed by atoms with E-state index in [0.717, 1.165) is 12.2 Å². The van der Waals surface area contributed by atoms with Gasteiger partial charge >= 0.3 is 0 Å². The van der Waals surface area contributed by atoms with E-state index < -0.39 is 10.0 Å². The number of piperidine rings is 1. The zero-order chi connectivity index (χ0) is 21.9. The van der Waals surface area contributed by atoms with Crippen LogP contribution in [-0.2, 0) is 14.8 Å². The number of carbonyl (C=O) groups excluding carboxylic acids is 1. The van der Waals surface area contributed by atoms with Gasteiger partial charge in [-0.1, -0.05) is 0 Å². The quantitative estimate of drug-likeness (QED) is 0.650. The zero-order valence-corrected chi connectivity index (χ0v) is 18.3. The highest BCUT2D eigenvalue weighted by molar-refractivity contribution is 7.89. The van der Waals surface area contributed by atoms with E-state index in [1.165, 1.54) is 6.92 Å². The third-order valence-corrected chi connectivity index (χ3v) is 8.07. The molecule has 2 atom stereocenters. The fourth-order valence-electron chi connectivity index (χ4n) is 4.54. The first-order valence-corrected chi connectivity index (χ1v) is 11.5. The molecular formula is C20H23N7O3S. The van der Waals surface area contributed by atoms with Crippen LogP contribution in [0.1, 0.15) is 24.7 Å². The van der Waals surface area contributed by atoms with E-state index >= 15 is 0 Å². The molecule has 0 spiro atoms. The Labute approximate surface area is 179 Å². The minimum Gasteiger partial charge on any atom is -0.352 e. The number of hydrogen-bond donors (Lipinski definition) is 1. The second-order valence-corrected chi connectivity index (χ2v) is 9.97. The molecule has 3 aliphatic heterocycles. The predicted molar refractivity (Wildman–Crippen MR) is 114 cm³/mol. The van der Waals surface area contributed by atoms with Gasteiger partial charge in [-0.25, -0.2) is 8.42 Å². The van der Waals surface area contributed by atoms with Gasteiger partial charge in [-0.2, -0.15) is 8.82 Å². The van der Waals surface area contributed by atoms with Gasteiger partial charge in [-0.3, -0.25) is 4.79 Å². The number of nitrogens with one attached hydrogen (secondary N) is 1. The van der Waals surface area contributed by atoms with E-state index in [0.29, 0.717) is 35.8 Å². The lowest BCUT2D eigenvalue weighted by Crippen LogP contribution is -2.70. The van der Waals surface area contributed by atoms with Crippen LogP contribution in [0.3, 0.4) is 0 Å². The van der Waals surface area contributed by atoms with Crippen molar-refractivity contribution in [2.24, 2.45) is 0 Å². The zero-order valence-electron chi connectivity index (χ0n) is 17.5. The van der Waals surface area contributed by atoms with Crippen molar-refractivity contribution >= 4 is 33.1 Å². The van der Waals surface area contributed by atoms with Gasteiger partial charge in [0.15, 0.2) is 11.5 Å². The lowest BCUT2D eigenvalue weighted by Gasteiger charge is -2.55. The molecule has 11 heteroatoms. The minimum absolute atomic E-state index is 0.0994. The van der Waals surface area contributed by atoms with E-state index in [1.54, 1.807) is 33.9 Å². The molecule has 3 fully saturated rings. The number of benzene rings is 1. The number of fused-ring (bicyclic) bond motifs is 3. The highest BCUT2D eigenvalue weighted by Gasteiger charge is 2.51. The Morgan fingerprint density at radius 3 is 2.52 bits per heavy atom. The summed E-state index contributed by atoms with van der Waals surface area (Å²) in [5.41, 5.74) is 1.89. The first kappa shape index (κ1) is 19.9. The van der Waals surface area contributed by atoms with Crippen molar-refractivity contribution in [3.63, 3.8) is 0 Å². The maximum absolute atomic E-state index is 13.4. The van der Waals surface area contributed by atoms with Crippen molar-refractivity contribution in [2.45, 2.75) is 44.2 Å². The fourth-order valence-corrected chi connectivity index (χ4v) is 6.57. The Morgan fingerprint density at radius 2 is 1.84 bits per heavy atom. The summed E-state index contributed by atoms with van der Waals surface area (Å²) in [6, 6.07) is 8.47. The molecule has 162 valence electrons. The first-order valence-electron chi connectivity index (χ1n) is 10.1. The largest absolute Gasteiger partial charge is 0.352 e. The van der Waals surface area contributed by atoms with E-state index in [1.807, 2.05) is 19.1 Å². The Bertz CT molecular complexity index is 1290. The SMILES string of the molecule is CC(=O)Nc1ccc(S(=O)(=O)N2C3CC2CN(c2ccc4nnc(C)n4n2)C3)c(C)c1. The summed E-state index contributed by atoms with van der Waals surface area (Å²) in [6.07, 6.45) is 0.840. The molecule has 3 saturated heterocycles. The monoisotopic (exact) mass is 441 g/mol. The summed E-state index contributed by atoms with van der Waals surface area (Å²) in [6.45, 7) is 6.18. The van der Waals surface area contributed by atoms with Crippen LogP contribution in [0.4, 0.5) is 11.5 Å². The van der Waals surface area contributed by atoms with Crippen LogP contribution in [0.5, 0.6) is 0 Å². The second kappa shape index (κ2) is 6.99. The van der Waals surface area contributed by atoms with Crippen molar-refractivity contribution < 1.29 is 13.2 Å². The van der Waals surface area contributed by atoms with Crippen LogP contribution in [0.25, 0.3) is 5.65 Å². The average molecular weight is 442 g/mol. The van der Waals surface area contributed by atoms with Gasteiger partial charge in [0.1, 0.15) is 5.82 Å². The minimum atomic E-state index is -3.63. The van der Waals surface area contributed by atoms with Crippen molar-refractivity contribution in [3.8, 4) is 0 Å². The molecule has 3 aromatic rings. The lowest BCUT2D eigenvalue weighted by molar-refractivity contribution is -0.114. The van der Waals surface area contributed by atoms with Gasteiger partial charge in [0.05, 0.1) is 4.90 Å². The summed E-state index contributed by atoms with van der Waals surface area (Å²) >= 11 is 0. The molecule has 2 aromatic heterocycles. The molecule has 2 bridgehead atoms. The van der Waals surface area contributed by atoms with Gasteiger partial charge in [-0.05, 0) is 56.2 Å². The maximum atomic E-state index is 13.4. The Balaban J connectivity index is 1.37. The molecule has 0 saturated carbocycles. The molecule has 0 radical (unpaired) electrons. The number of sulfonamides is 1. The van der Waals surface area contributed by atoms with Crippen LogP contribution in [-0.4, -0.2) is 63.6 Å². The molecule has 10 nitrogen and oxygen atoms in total. The molecule has 31 heavy (non-hydrogen) atoms. The average Bonchev–Trinajstić information content (AvgIpc) is 3.07. The van der Waals surface area contributed by atoms with Gasteiger partial charge < -0.3 is 10.2 Å². The van der Waals surface area contributed by atoms with Crippen LogP contribution >= 0.6 is 0 Å². The number of piperazine rings is 1. The summed E-state index contributed by atoms with van der Waals surface area (Å²) in [5, 5.41) is 15.4. The molecular weight excluding hydrogens is 418 g/mol. The summed E-state index contributed by atoms with van der Waals surface area (Å²) < 4.78 is 30.1. The van der Waals surface area contributed by atoms with E-state index in [2.05, 4.69) is 25.5 Å². The molecule has 2 unspecified atom stereocenters. The first-order chi connectivity index (χ1) is 14.7. The van der Waals surface area contributed by atoms with Gasteiger partial charge in [0, 0.05) is 37.8 Å². The third-order valence-electron chi connectivity index (χ3n) is 5.91. The van der Waals surface area contributed by atoms with Crippen LogP contribution in [0.2, 0.25) is 0 Å². The third kappa shape index (κ3) is 3.24. The van der Waals surface area contributed by atoms with Crippen molar-refractivity contribution in [1.29, 1.82) is 0 Å². The normalized spacial score (nSPS) is 21.2. The topological polar surface area (TPSA) is 113 Å². The predicted octanol–water partition coefficient (Wildman–Crippen LogP) is 1.35. The highest BCUT2D eigenvalue weighted by atomic mass is 32.2. The second-order valence-electron chi connectivity index (χ2n) is 8.15. The Kier molecular flexibility index (Phi) is 4.48. The number of rotatable bonds is 4. The smallest absolute Gasteiger partial charge is 0.243 e. The number of carbonyl (C=O) groups is 1. The number of aromatic nitrogens is 4. The van der Waals surface area contributed by atoms with E-state index in [-0.39, 0.29) is 22.9 Å². The summed E-state index contributed by atoms with van der Waals surface area (Å²) in [5.74, 6) is 1.31. The molecule has 1 aromatic carbocycles. The van der Waals surface area contributed by atoms with Crippen molar-refractivity contribution in [3.05, 3.63) is 41.7 Å². The summed E-state index contributed by atoms with van der Waals surface area (Å²) in [4.78, 5) is 13.7. The Morgan fingerprint density at radius 1 is 1.10 bits per heavy atom.